The van der Waals surface area contributed by atoms with Crippen LogP contribution in [0.25, 0.3) is 0 Å². The van der Waals surface area contributed by atoms with Gasteiger partial charge < -0.3 is 5.73 Å². The van der Waals surface area contributed by atoms with Gasteiger partial charge in [-0.3, -0.25) is 0 Å². The second-order valence-electron chi connectivity index (χ2n) is 5.10. The van der Waals surface area contributed by atoms with Crippen molar-refractivity contribution in [2.24, 2.45) is 11.7 Å². The molecule has 1 nitrogen and oxygen atoms in total. The molecular formula is C13H14ClF4N. The van der Waals surface area contributed by atoms with E-state index in [9.17, 15) is 17.6 Å². The van der Waals surface area contributed by atoms with E-state index >= 15 is 0 Å². The van der Waals surface area contributed by atoms with E-state index in [1.54, 1.807) is 0 Å². The van der Waals surface area contributed by atoms with E-state index in [-0.39, 0.29) is 36.3 Å². The number of hydrogen-bond donors (Lipinski definition) is 1. The molecule has 0 radical (unpaired) electrons. The van der Waals surface area contributed by atoms with Gasteiger partial charge in [-0.15, -0.1) is 0 Å². The average molecular weight is 296 g/mol. The quantitative estimate of drug-likeness (QED) is 0.764. The highest BCUT2D eigenvalue weighted by atomic mass is 35.5. The molecule has 2 rings (SSSR count). The smallest absolute Gasteiger partial charge is 0.321 e. The highest BCUT2D eigenvalue weighted by Gasteiger charge is 2.45. The van der Waals surface area contributed by atoms with Crippen LogP contribution < -0.4 is 5.73 Å². The van der Waals surface area contributed by atoms with Crippen molar-refractivity contribution < 1.29 is 17.6 Å². The second kappa shape index (κ2) is 4.94. The fourth-order valence-corrected chi connectivity index (χ4v) is 2.78. The van der Waals surface area contributed by atoms with E-state index in [0.29, 0.717) is 0 Å². The van der Waals surface area contributed by atoms with Gasteiger partial charge in [-0.05, 0) is 37.8 Å². The monoisotopic (exact) mass is 295 g/mol. The van der Waals surface area contributed by atoms with Gasteiger partial charge in [0, 0.05) is 16.1 Å². The van der Waals surface area contributed by atoms with Crippen molar-refractivity contribution >= 4 is 11.6 Å². The Morgan fingerprint density at radius 2 is 1.79 bits per heavy atom. The topological polar surface area (TPSA) is 26.0 Å². The summed E-state index contributed by atoms with van der Waals surface area (Å²) in [6.45, 7) is 0. The van der Waals surface area contributed by atoms with Gasteiger partial charge in [0.25, 0.3) is 0 Å². The van der Waals surface area contributed by atoms with Crippen LogP contribution in [0.2, 0.25) is 5.02 Å². The van der Waals surface area contributed by atoms with Crippen LogP contribution >= 0.6 is 11.6 Å². The zero-order valence-corrected chi connectivity index (χ0v) is 10.9. The van der Waals surface area contributed by atoms with Crippen LogP contribution in [0.3, 0.4) is 0 Å². The average Bonchev–Trinajstić information content (AvgIpc) is 2.27. The summed E-state index contributed by atoms with van der Waals surface area (Å²) in [6, 6.07) is 4.11. The SMILES string of the molecule is NC1(c2ccc(Cl)cc2F)CCC(C(F)(F)F)CC1. The Kier molecular flexibility index (Phi) is 3.80. The number of nitrogens with two attached hydrogens (primary N) is 1. The van der Waals surface area contributed by atoms with Crippen molar-refractivity contribution in [2.45, 2.75) is 37.4 Å². The minimum absolute atomic E-state index is 0.0674. The summed E-state index contributed by atoms with van der Waals surface area (Å²) in [7, 11) is 0. The van der Waals surface area contributed by atoms with Crippen LogP contribution in [0.15, 0.2) is 18.2 Å². The molecule has 1 aliphatic carbocycles. The zero-order valence-electron chi connectivity index (χ0n) is 10.1. The third-order valence-electron chi connectivity index (χ3n) is 3.81. The van der Waals surface area contributed by atoms with Gasteiger partial charge in [0.05, 0.1) is 5.92 Å². The molecule has 1 fully saturated rings. The molecule has 0 spiro atoms. The zero-order chi connectivity index (χ0) is 14.3. The molecule has 0 unspecified atom stereocenters. The Bertz CT molecular complexity index is 464. The Morgan fingerprint density at radius 1 is 1.21 bits per heavy atom. The largest absolute Gasteiger partial charge is 0.391 e. The van der Waals surface area contributed by atoms with Crippen molar-refractivity contribution in [3.05, 3.63) is 34.6 Å². The Hall–Kier alpha value is -0.810. The molecule has 1 aromatic rings. The molecule has 0 saturated heterocycles. The van der Waals surface area contributed by atoms with E-state index in [4.69, 9.17) is 17.3 Å². The highest BCUT2D eigenvalue weighted by molar-refractivity contribution is 6.30. The molecule has 2 N–H and O–H groups in total. The maximum Gasteiger partial charge on any atom is 0.391 e. The number of benzene rings is 1. The molecule has 0 heterocycles. The molecule has 1 aromatic carbocycles. The molecule has 106 valence electrons. The van der Waals surface area contributed by atoms with Gasteiger partial charge in [0.15, 0.2) is 0 Å². The molecule has 0 aliphatic heterocycles. The predicted octanol–water partition coefficient (Wildman–Crippen LogP) is 4.39. The first-order valence-corrected chi connectivity index (χ1v) is 6.41. The first kappa shape index (κ1) is 14.6. The van der Waals surface area contributed by atoms with Crippen molar-refractivity contribution in [3.8, 4) is 0 Å². The summed E-state index contributed by atoms with van der Waals surface area (Å²) in [5.74, 6) is -1.89. The van der Waals surface area contributed by atoms with Crippen molar-refractivity contribution in [3.63, 3.8) is 0 Å². The number of alkyl halides is 3. The lowest BCUT2D eigenvalue weighted by Gasteiger charge is -2.38. The Labute approximate surface area is 113 Å². The fraction of sp³-hybridized carbons (Fsp3) is 0.538. The van der Waals surface area contributed by atoms with Gasteiger partial charge in [0.1, 0.15) is 5.82 Å². The lowest BCUT2D eigenvalue weighted by molar-refractivity contribution is -0.184. The van der Waals surface area contributed by atoms with Crippen molar-refractivity contribution in [2.75, 3.05) is 0 Å². The summed E-state index contributed by atoms with van der Waals surface area (Å²) >= 11 is 5.65. The van der Waals surface area contributed by atoms with Crippen LogP contribution in [-0.4, -0.2) is 6.18 Å². The molecule has 1 aliphatic rings. The third-order valence-corrected chi connectivity index (χ3v) is 4.04. The summed E-state index contributed by atoms with van der Waals surface area (Å²) in [5.41, 5.74) is 5.30. The van der Waals surface area contributed by atoms with Crippen molar-refractivity contribution in [1.29, 1.82) is 0 Å². The minimum Gasteiger partial charge on any atom is -0.321 e. The predicted molar refractivity (Wildman–Crippen MR) is 65.3 cm³/mol. The van der Waals surface area contributed by atoms with Crippen LogP contribution in [0.5, 0.6) is 0 Å². The first-order chi connectivity index (χ1) is 8.72. The van der Waals surface area contributed by atoms with Crippen LogP contribution in [0, 0.1) is 11.7 Å². The summed E-state index contributed by atoms with van der Waals surface area (Å²) in [6.07, 6.45) is -4.09. The van der Waals surface area contributed by atoms with Gasteiger partial charge in [-0.25, -0.2) is 4.39 Å². The molecule has 0 aromatic heterocycles. The molecule has 1 saturated carbocycles. The molecule has 19 heavy (non-hydrogen) atoms. The van der Waals surface area contributed by atoms with Gasteiger partial charge in [-0.1, -0.05) is 17.7 Å². The fourth-order valence-electron chi connectivity index (χ4n) is 2.62. The summed E-state index contributed by atoms with van der Waals surface area (Å²) in [5, 5.41) is 0.244. The van der Waals surface area contributed by atoms with Gasteiger partial charge in [0.2, 0.25) is 0 Å². The maximum absolute atomic E-state index is 13.8. The molecule has 6 heteroatoms. The highest BCUT2D eigenvalue weighted by Crippen LogP contribution is 2.44. The molecular weight excluding hydrogens is 282 g/mol. The lowest BCUT2D eigenvalue weighted by atomic mass is 9.73. The van der Waals surface area contributed by atoms with E-state index in [1.807, 2.05) is 0 Å². The summed E-state index contributed by atoms with van der Waals surface area (Å²) in [4.78, 5) is 0. The van der Waals surface area contributed by atoms with Crippen LogP contribution in [0.1, 0.15) is 31.2 Å². The van der Waals surface area contributed by atoms with E-state index in [2.05, 4.69) is 0 Å². The normalized spacial score (nSPS) is 28.4. The third kappa shape index (κ3) is 3.03. The van der Waals surface area contributed by atoms with E-state index < -0.39 is 23.5 Å². The Morgan fingerprint density at radius 3 is 2.26 bits per heavy atom. The number of halogens is 5. The van der Waals surface area contributed by atoms with E-state index in [0.717, 1.165) is 6.07 Å². The van der Waals surface area contributed by atoms with Crippen molar-refractivity contribution in [1.82, 2.24) is 0 Å². The standard InChI is InChI=1S/C13H14ClF4N/c14-9-1-2-10(11(15)7-9)12(19)5-3-8(4-6-12)13(16,17)18/h1-2,7-8H,3-6,19H2. The lowest BCUT2D eigenvalue weighted by Crippen LogP contribution is -2.43. The van der Waals surface area contributed by atoms with Gasteiger partial charge in [-0.2, -0.15) is 13.2 Å². The Balaban J connectivity index is 2.18. The maximum atomic E-state index is 13.8. The van der Waals surface area contributed by atoms with Gasteiger partial charge >= 0.3 is 6.18 Å². The van der Waals surface area contributed by atoms with E-state index in [1.165, 1.54) is 12.1 Å². The minimum atomic E-state index is -4.19. The summed E-state index contributed by atoms with van der Waals surface area (Å²) < 4.78 is 51.6. The first-order valence-electron chi connectivity index (χ1n) is 6.03. The molecule has 0 amide bonds. The van der Waals surface area contributed by atoms with Crippen LogP contribution in [-0.2, 0) is 5.54 Å². The molecule has 0 bridgehead atoms. The number of rotatable bonds is 1. The second-order valence-corrected chi connectivity index (χ2v) is 5.53. The number of hydrogen-bond acceptors (Lipinski definition) is 1. The van der Waals surface area contributed by atoms with Crippen LogP contribution in [0.4, 0.5) is 17.6 Å². The molecule has 0 atom stereocenters.